The van der Waals surface area contributed by atoms with Gasteiger partial charge in [-0.1, -0.05) is 18.3 Å². The predicted molar refractivity (Wildman–Crippen MR) is 79.7 cm³/mol. The van der Waals surface area contributed by atoms with Gasteiger partial charge in [0.15, 0.2) is 4.21 Å². The number of rotatable bonds is 6. The second-order valence-corrected chi connectivity index (χ2v) is 8.34. The molecule has 20 heavy (non-hydrogen) atoms. The molecule has 2 N–H and O–H groups in total. The van der Waals surface area contributed by atoms with Crippen LogP contribution in [0, 0.1) is 12.8 Å². The van der Waals surface area contributed by atoms with Gasteiger partial charge in [-0.3, -0.25) is 4.79 Å². The first-order chi connectivity index (χ1) is 9.38. The summed E-state index contributed by atoms with van der Waals surface area (Å²) in [6, 6.07) is 0. The highest BCUT2D eigenvalue weighted by Crippen LogP contribution is 2.16. The highest BCUT2D eigenvalue weighted by atomic mass is 32.2. The van der Waals surface area contributed by atoms with Crippen LogP contribution in [0.5, 0.6) is 0 Å². The number of likely N-dealkylation sites (tertiary alicyclic amines) is 1. The number of sulfonamides is 1. The molecule has 1 aliphatic heterocycles. The molecule has 1 aromatic rings. The van der Waals surface area contributed by atoms with Crippen LogP contribution in [0.25, 0.3) is 0 Å². The van der Waals surface area contributed by atoms with Gasteiger partial charge in [0.1, 0.15) is 0 Å². The van der Waals surface area contributed by atoms with E-state index in [4.69, 9.17) is 0 Å². The normalized spacial score (nSPS) is 18.5. The van der Waals surface area contributed by atoms with Gasteiger partial charge in [0.2, 0.25) is 0 Å². The molecule has 0 saturated carbocycles. The van der Waals surface area contributed by atoms with Crippen molar-refractivity contribution in [2.75, 3.05) is 26.2 Å². The van der Waals surface area contributed by atoms with E-state index in [1.54, 1.807) is 6.92 Å². The lowest BCUT2D eigenvalue weighted by Gasteiger charge is -2.20. The molecular formula is C12H21N3O3S2. The number of hydrogen-bond acceptors (Lipinski definition) is 5. The van der Waals surface area contributed by atoms with Gasteiger partial charge in [-0.15, -0.1) is 0 Å². The molecular weight excluding hydrogens is 298 g/mol. The van der Waals surface area contributed by atoms with Crippen molar-refractivity contribution in [3.8, 4) is 0 Å². The highest BCUT2D eigenvalue weighted by molar-refractivity contribution is 7.91. The van der Waals surface area contributed by atoms with Gasteiger partial charge in [-0.05, 0) is 38.8 Å². The van der Waals surface area contributed by atoms with Crippen LogP contribution < -0.4 is 9.60 Å². The molecule has 6 nitrogen and oxygen atoms in total. The molecule has 114 valence electrons. The van der Waals surface area contributed by atoms with Crippen LogP contribution in [0.3, 0.4) is 0 Å². The number of nitrogens with zero attached hydrogens (tertiary/aromatic N) is 1. The Labute approximate surface area is 123 Å². The number of hydrogen-bond donors (Lipinski definition) is 2. The summed E-state index contributed by atoms with van der Waals surface area (Å²) < 4.78 is 27.0. The van der Waals surface area contributed by atoms with Crippen molar-refractivity contribution >= 4 is 21.4 Å². The zero-order chi connectivity index (χ0) is 14.8. The molecule has 1 unspecified atom stereocenters. The Balaban J connectivity index is 1.91. The zero-order valence-corrected chi connectivity index (χ0v) is 13.4. The van der Waals surface area contributed by atoms with Crippen LogP contribution in [0.2, 0.25) is 0 Å². The van der Waals surface area contributed by atoms with Gasteiger partial charge < -0.3 is 9.88 Å². The van der Waals surface area contributed by atoms with E-state index >= 15 is 0 Å². The van der Waals surface area contributed by atoms with Crippen LogP contribution in [0.15, 0.2) is 9.00 Å². The summed E-state index contributed by atoms with van der Waals surface area (Å²) in [5.74, 6) is 0.249. The monoisotopic (exact) mass is 319 g/mol. The molecule has 0 amide bonds. The van der Waals surface area contributed by atoms with Gasteiger partial charge in [-0.2, -0.15) is 0 Å². The summed E-state index contributed by atoms with van der Waals surface area (Å²) in [7, 11) is -3.58. The van der Waals surface area contributed by atoms with E-state index in [1.165, 1.54) is 12.8 Å². The highest BCUT2D eigenvalue weighted by Gasteiger charge is 2.22. The minimum Gasteiger partial charge on any atom is -0.315 e. The number of nitrogens with one attached hydrogen (secondary N) is 2. The Morgan fingerprint density at radius 1 is 1.40 bits per heavy atom. The SMILES string of the molecule is Cc1[nH]c(=O)sc1S(=O)(=O)NCC(C)CN1CCCC1. The number of H-pyrrole nitrogens is 1. The second-order valence-electron chi connectivity index (χ2n) is 5.39. The molecule has 8 heteroatoms. The summed E-state index contributed by atoms with van der Waals surface area (Å²) >= 11 is 0.734. The Morgan fingerprint density at radius 3 is 2.60 bits per heavy atom. The van der Waals surface area contributed by atoms with E-state index < -0.39 is 10.0 Å². The first-order valence-electron chi connectivity index (χ1n) is 6.80. The maximum atomic E-state index is 12.1. The van der Waals surface area contributed by atoms with Gasteiger partial charge >= 0.3 is 4.87 Å². The molecule has 0 aromatic carbocycles. The number of aryl methyl sites for hydroxylation is 1. The molecule has 1 atom stereocenters. The van der Waals surface area contributed by atoms with Crippen LogP contribution in [-0.4, -0.2) is 44.5 Å². The predicted octanol–water partition coefficient (Wildman–Crippen LogP) is 0.755. The van der Waals surface area contributed by atoms with Crippen LogP contribution >= 0.6 is 11.3 Å². The molecule has 2 rings (SSSR count). The average molecular weight is 319 g/mol. The van der Waals surface area contributed by atoms with Crippen molar-refractivity contribution in [2.24, 2.45) is 5.92 Å². The van der Waals surface area contributed by atoms with Crippen molar-refractivity contribution in [1.82, 2.24) is 14.6 Å². The van der Waals surface area contributed by atoms with E-state index in [2.05, 4.69) is 14.6 Å². The van der Waals surface area contributed by atoms with Gasteiger partial charge in [-0.25, -0.2) is 13.1 Å². The smallest absolute Gasteiger partial charge is 0.305 e. The summed E-state index contributed by atoms with van der Waals surface area (Å²) in [6.45, 7) is 7.15. The maximum absolute atomic E-state index is 12.1. The third-order valence-electron chi connectivity index (χ3n) is 3.42. The number of aromatic amines is 1. The molecule has 0 spiro atoms. The molecule has 0 aliphatic carbocycles. The quantitative estimate of drug-likeness (QED) is 0.811. The number of thiazole rings is 1. The minimum absolute atomic E-state index is 0.0934. The Hall–Kier alpha value is -0.700. The van der Waals surface area contributed by atoms with Crippen LogP contribution in [0.1, 0.15) is 25.5 Å². The van der Waals surface area contributed by atoms with Crippen LogP contribution in [0.4, 0.5) is 0 Å². The molecule has 1 saturated heterocycles. The lowest BCUT2D eigenvalue weighted by molar-refractivity contribution is 0.288. The maximum Gasteiger partial charge on any atom is 0.305 e. The van der Waals surface area contributed by atoms with E-state index in [0.29, 0.717) is 12.2 Å². The zero-order valence-electron chi connectivity index (χ0n) is 11.8. The summed E-state index contributed by atoms with van der Waals surface area (Å²) in [5.41, 5.74) is 0.402. The molecule has 1 aliphatic rings. The fourth-order valence-electron chi connectivity index (χ4n) is 2.43. The Morgan fingerprint density at radius 2 is 2.05 bits per heavy atom. The van der Waals surface area contributed by atoms with Gasteiger partial charge in [0, 0.05) is 18.8 Å². The van der Waals surface area contributed by atoms with Gasteiger partial charge in [0.05, 0.1) is 0 Å². The first-order valence-corrected chi connectivity index (χ1v) is 9.10. The Kier molecular flexibility index (Phi) is 5.00. The van der Waals surface area contributed by atoms with E-state index in [1.807, 2.05) is 6.92 Å². The molecule has 1 aromatic heterocycles. The summed E-state index contributed by atoms with van der Waals surface area (Å²) in [4.78, 5) is 15.7. The lowest BCUT2D eigenvalue weighted by atomic mass is 10.2. The van der Waals surface area contributed by atoms with E-state index in [9.17, 15) is 13.2 Å². The lowest BCUT2D eigenvalue weighted by Crippen LogP contribution is -2.34. The molecule has 2 heterocycles. The first kappa shape index (κ1) is 15.7. The fraction of sp³-hybridized carbons (Fsp3) is 0.750. The second kappa shape index (κ2) is 6.38. The van der Waals surface area contributed by atoms with E-state index in [-0.39, 0.29) is 15.0 Å². The standard InChI is InChI=1S/C12H21N3O3S2/c1-9(8-15-5-3-4-6-15)7-13-20(17,18)11-10(2)14-12(16)19-11/h9,13H,3-8H2,1-2H3,(H,14,16). The summed E-state index contributed by atoms with van der Waals surface area (Å²) in [6.07, 6.45) is 2.46. The molecule has 0 radical (unpaired) electrons. The van der Waals surface area contributed by atoms with Crippen molar-refractivity contribution in [3.05, 3.63) is 15.4 Å². The summed E-state index contributed by atoms with van der Waals surface area (Å²) in [5, 5.41) is 0. The van der Waals surface area contributed by atoms with E-state index in [0.717, 1.165) is 31.0 Å². The minimum atomic E-state index is -3.58. The van der Waals surface area contributed by atoms with Crippen LogP contribution in [-0.2, 0) is 10.0 Å². The Bertz CT molecular complexity index is 600. The van der Waals surface area contributed by atoms with Crippen molar-refractivity contribution in [3.63, 3.8) is 0 Å². The topological polar surface area (TPSA) is 82.3 Å². The fourth-order valence-corrected chi connectivity index (χ4v) is 4.94. The third-order valence-corrected chi connectivity index (χ3v) is 6.44. The van der Waals surface area contributed by atoms with Crippen molar-refractivity contribution in [2.45, 2.75) is 30.9 Å². The molecule has 0 bridgehead atoms. The largest absolute Gasteiger partial charge is 0.315 e. The average Bonchev–Trinajstić information content (AvgIpc) is 2.97. The van der Waals surface area contributed by atoms with Gasteiger partial charge in [0.25, 0.3) is 10.0 Å². The molecule has 1 fully saturated rings. The third kappa shape index (κ3) is 3.91. The number of aromatic nitrogens is 1. The van der Waals surface area contributed by atoms with Crippen molar-refractivity contribution in [1.29, 1.82) is 0 Å². The van der Waals surface area contributed by atoms with Crippen molar-refractivity contribution < 1.29 is 8.42 Å².